The van der Waals surface area contributed by atoms with E-state index in [1.807, 2.05) is 6.07 Å². The first-order valence-electron chi connectivity index (χ1n) is 8.42. The standard InChI is InChI=1S/C23H17NS/c24-22-15-14-21(25-22)23(16-8-2-1-3-9-16)19-12-6-4-10-17(19)18-11-5-7-13-20(18)23/h1-15H,24H2. The van der Waals surface area contributed by atoms with E-state index in [-0.39, 0.29) is 5.41 Å². The SMILES string of the molecule is Nc1ccc(C2(c3ccccc3)c3ccccc3-c3ccccc32)s1. The predicted octanol–water partition coefficient (Wildman–Crippen LogP) is 5.69. The molecule has 0 spiro atoms. The Morgan fingerprint density at radius 3 is 1.72 bits per heavy atom. The van der Waals surface area contributed by atoms with E-state index in [1.165, 1.54) is 32.7 Å². The molecule has 0 fully saturated rings. The van der Waals surface area contributed by atoms with Crippen LogP contribution < -0.4 is 5.73 Å². The summed E-state index contributed by atoms with van der Waals surface area (Å²) in [6, 6.07) is 32.5. The van der Waals surface area contributed by atoms with Crippen LogP contribution in [0.4, 0.5) is 5.00 Å². The smallest absolute Gasteiger partial charge is 0.0859 e. The van der Waals surface area contributed by atoms with Crippen LogP contribution in [0.25, 0.3) is 11.1 Å². The average molecular weight is 339 g/mol. The molecule has 0 aliphatic heterocycles. The maximum absolute atomic E-state index is 6.14. The maximum Gasteiger partial charge on any atom is 0.0859 e. The van der Waals surface area contributed by atoms with Gasteiger partial charge in [-0.25, -0.2) is 0 Å². The molecule has 0 atom stereocenters. The minimum atomic E-state index is -0.295. The van der Waals surface area contributed by atoms with Gasteiger partial charge in [0.1, 0.15) is 0 Å². The molecule has 120 valence electrons. The summed E-state index contributed by atoms with van der Waals surface area (Å²) in [6.45, 7) is 0. The summed E-state index contributed by atoms with van der Waals surface area (Å²) in [4.78, 5) is 1.27. The molecule has 0 saturated carbocycles. The molecule has 0 radical (unpaired) electrons. The van der Waals surface area contributed by atoms with Crippen molar-refractivity contribution >= 4 is 16.3 Å². The average Bonchev–Trinajstić information content (AvgIpc) is 3.23. The van der Waals surface area contributed by atoms with Crippen molar-refractivity contribution in [1.82, 2.24) is 0 Å². The molecule has 1 aromatic heterocycles. The van der Waals surface area contributed by atoms with Crippen LogP contribution in [0, 0.1) is 0 Å². The van der Waals surface area contributed by atoms with Gasteiger partial charge in [-0.1, -0.05) is 78.9 Å². The van der Waals surface area contributed by atoms with Crippen LogP contribution in [0.3, 0.4) is 0 Å². The summed E-state index contributed by atoms with van der Waals surface area (Å²) < 4.78 is 0. The van der Waals surface area contributed by atoms with Crippen molar-refractivity contribution in [2.75, 3.05) is 5.73 Å². The molecule has 5 rings (SSSR count). The monoisotopic (exact) mass is 339 g/mol. The Morgan fingerprint density at radius 2 is 1.16 bits per heavy atom. The molecule has 1 heterocycles. The summed E-state index contributed by atoms with van der Waals surface area (Å²) in [5.74, 6) is 0. The zero-order valence-electron chi connectivity index (χ0n) is 13.6. The quantitative estimate of drug-likeness (QED) is 0.439. The molecule has 1 nitrogen and oxygen atoms in total. The highest BCUT2D eigenvalue weighted by Crippen LogP contribution is 2.57. The van der Waals surface area contributed by atoms with Gasteiger partial charge in [0.2, 0.25) is 0 Å². The fraction of sp³-hybridized carbons (Fsp3) is 0.0435. The number of anilines is 1. The molecule has 3 aromatic carbocycles. The highest BCUT2D eigenvalue weighted by Gasteiger charge is 2.46. The van der Waals surface area contributed by atoms with Gasteiger partial charge in [0.05, 0.1) is 10.4 Å². The van der Waals surface area contributed by atoms with Crippen LogP contribution in [0.2, 0.25) is 0 Å². The maximum atomic E-state index is 6.14. The lowest BCUT2D eigenvalue weighted by Crippen LogP contribution is -2.27. The van der Waals surface area contributed by atoms with Crippen molar-refractivity contribution in [2.24, 2.45) is 0 Å². The van der Waals surface area contributed by atoms with E-state index in [1.54, 1.807) is 11.3 Å². The van der Waals surface area contributed by atoms with Gasteiger partial charge in [-0.15, -0.1) is 11.3 Å². The molecule has 1 aliphatic rings. The van der Waals surface area contributed by atoms with E-state index in [4.69, 9.17) is 5.73 Å². The second kappa shape index (κ2) is 5.33. The predicted molar refractivity (Wildman–Crippen MR) is 106 cm³/mol. The number of rotatable bonds is 2. The van der Waals surface area contributed by atoms with Crippen LogP contribution in [0.1, 0.15) is 21.6 Å². The number of fused-ring (bicyclic) bond motifs is 3. The number of hydrogen-bond acceptors (Lipinski definition) is 2. The van der Waals surface area contributed by atoms with Crippen LogP contribution >= 0.6 is 11.3 Å². The van der Waals surface area contributed by atoms with E-state index in [0.29, 0.717) is 0 Å². The molecule has 4 aromatic rings. The van der Waals surface area contributed by atoms with Gasteiger partial charge < -0.3 is 5.73 Å². The topological polar surface area (TPSA) is 26.0 Å². The van der Waals surface area contributed by atoms with Crippen molar-refractivity contribution in [3.8, 4) is 11.1 Å². The first-order valence-corrected chi connectivity index (χ1v) is 9.24. The van der Waals surface area contributed by atoms with Crippen molar-refractivity contribution in [1.29, 1.82) is 0 Å². The van der Waals surface area contributed by atoms with E-state index >= 15 is 0 Å². The molecule has 0 saturated heterocycles. The van der Waals surface area contributed by atoms with Crippen LogP contribution in [-0.4, -0.2) is 0 Å². The molecule has 0 bridgehead atoms. The highest BCUT2D eigenvalue weighted by atomic mass is 32.1. The molecule has 1 aliphatic carbocycles. The second-order valence-corrected chi connectivity index (χ2v) is 7.52. The Kier molecular flexibility index (Phi) is 3.09. The Morgan fingerprint density at radius 1 is 0.600 bits per heavy atom. The summed E-state index contributed by atoms with van der Waals surface area (Å²) in [5, 5.41) is 0.854. The minimum absolute atomic E-state index is 0.295. The largest absolute Gasteiger partial charge is 0.391 e. The van der Waals surface area contributed by atoms with Gasteiger partial charge in [0, 0.05) is 4.88 Å². The highest BCUT2D eigenvalue weighted by molar-refractivity contribution is 7.16. The summed E-state index contributed by atoms with van der Waals surface area (Å²) in [6.07, 6.45) is 0. The number of thiophene rings is 1. The fourth-order valence-electron chi connectivity index (χ4n) is 4.20. The third-order valence-electron chi connectivity index (χ3n) is 5.16. The molecular formula is C23H17NS. The van der Waals surface area contributed by atoms with Crippen LogP contribution in [0.15, 0.2) is 91.0 Å². The summed E-state index contributed by atoms with van der Waals surface area (Å²) in [7, 11) is 0. The Bertz CT molecular complexity index is 1020. The lowest BCUT2D eigenvalue weighted by molar-refractivity contribution is 0.787. The zero-order chi connectivity index (χ0) is 16.9. The first kappa shape index (κ1) is 14.5. The van der Waals surface area contributed by atoms with Gasteiger partial charge in [-0.2, -0.15) is 0 Å². The van der Waals surface area contributed by atoms with E-state index in [2.05, 4.69) is 84.9 Å². The third-order valence-corrected chi connectivity index (χ3v) is 6.19. The number of nitrogen functional groups attached to an aromatic ring is 1. The fourth-order valence-corrected chi connectivity index (χ4v) is 5.21. The molecular weight excluding hydrogens is 322 g/mol. The van der Waals surface area contributed by atoms with Crippen molar-refractivity contribution < 1.29 is 0 Å². The van der Waals surface area contributed by atoms with E-state index in [0.717, 1.165) is 5.00 Å². The van der Waals surface area contributed by atoms with E-state index < -0.39 is 0 Å². The molecule has 2 heteroatoms. The lowest BCUT2D eigenvalue weighted by atomic mass is 9.71. The van der Waals surface area contributed by atoms with E-state index in [9.17, 15) is 0 Å². The molecule has 0 unspecified atom stereocenters. The van der Waals surface area contributed by atoms with Gasteiger partial charge in [-0.05, 0) is 39.9 Å². The van der Waals surface area contributed by atoms with Gasteiger partial charge in [0.15, 0.2) is 0 Å². The Hall–Kier alpha value is -2.84. The zero-order valence-corrected chi connectivity index (χ0v) is 14.5. The third kappa shape index (κ3) is 1.89. The molecule has 2 N–H and O–H groups in total. The van der Waals surface area contributed by atoms with Crippen molar-refractivity contribution in [2.45, 2.75) is 5.41 Å². The van der Waals surface area contributed by atoms with Crippen molar-refractivity contribution in [3.05, 3.63) is 113 Å². The van der Waals surface area contributed by atoms with Crippen LogP contribution in [0.5, 0.6) is 0 Å². The van der Waals surface area contributed by atoms with Gasteiger partial charge in [0.25, 0.3) is 0 Å². The number of hydrogen-bond donors (Lipinski definition) is 1. The van der Waals surface area contributed by atoms with Crippen LogP contribution in [-0.2, 0) is 5.41 Å². The Balaban J connectivity index is 1.98. The summed E-state index contributed by atoms with van der Waals surface area (Å²) in [5.41, 5.74) is 12.4. The molecule has 25 heavy (non-hydrogen) atoms. The lowest BCUT2D eigenvalue weighted by Gasteiger charge is -2.32. The van der Waals surface area contributed by atoms with Crippen molar-refractivity contribution in [3.63, 3.8) is 0 Å². The number of benzene rings is 3. The first-order chi connectivity index (χ1) is 12.3. The Labute approximate surface area is 151 Å². The normalized spacial score (nSPS) is 14.1. The second-order valence-electron chi connectivity index (χ2n) is 6.41. The molecule has 0 amide bonds. The summed E-state index contributed by atoms with van der Waals surface area (Å²) >= 11 is 1.68. The minimum Gasteiger partial charge on any atom is -0.391 e. The number of nitrogens with two attached hydrogens (primary N) is 1. The van der Waals surface area contributed by atoms with Gasteiger partial charge in [-0.3, -0.25) is 0 Å². The van der Waals surface area contributed by atoms with Gasteiger partial charge >= 0.3 is 0 Å².